The molecule has 2 heterocycles. The fourth-order valence-electron chi connectivity index (χ4n) is 4.06. The molecule has 0 unspecified atom stereocenters. The molecule has 2 aliphatic rings. The zero-order valence-corrected chi connectivity index (χ0v) is 14.8. The average Bonchev–Trinajstić information content (AvgIpc) is 3.01. The Hall–Kier alpha value is -2.19. The van der Waals surface area contributed by atoms with Gasteiger partial charge < -0.3 is 25.1 Å². The number of aromatic nitrogens is 1. The van der Waals surface area contributed by atoms with Crippen LogP contribution in [0.1, 0.15) is 43.6 Å². The number of oxazole rings is 1. The number of fused-ring (bicyclic) bond motifs is 4. The molecule has 0 saturated heterocycles. The van der Waals surface area contributed by atoms with E-state index in [1.54, 1.807) is 7.11 Å². The first-order chi connectivity index (χ1) is 12.6. The summed E-state index contributed by atoms with van der Waals surface area (Å²) in [6, 6.07) is 0.969. The summed E-state index contributed by atoms with van der Waals surface area (Å²) in [5, 5.41) is 8.83. The van der Waals surface area contributed by atoms with E-state index < -0.39 is 11.4 Å². The molecule has 7 nitrogen and oxygen atoms in total. The van der Waals surface area contributed by atoms with E-state index >= 15 is 0 Å². The largest absolute Gasteiger partial charge is 0.439 e. The van der Waals surface area contributed by atoms with E-state index in [0.717, 1.165) is 32.1 Å². The maximum absolute atomic E-state index is 14.7. The topological polar surface area (TPSA) is 88.4 Å². The lowest BCUT2D eigenvalue weighted by molar-refractivity contribution is 0.198. The summed E-state index contributed by atoms with van der Waals surface area (Å²) in [5.41, 5.74) is 1.36. The summed E-state index contributed by atoms with van der Waals surface area (Å²) in [6.07, 6.45) is 4.63. The molecular weight excluding hydrogens is 339 g/mol. The van der Waals surface area contributed by atoms with Gasteiger partial charge in [-0.3, -0.25) is 0 Å². The molecular formula is C18H23FN4O3. The number of benzene rings is 1. The highest BCUT2D eigenvalue weighted by Gasteiger charge is 2.44. The van der Waals surface area contributed by atoms with Gasteiger partial charge in [0.25, 0.3) is 0 Å². The van der Waals surface area contributed by atoms with E-state index in [1.807, 2.05) is 0 Å². The molecule has 1 aromatic carbocycles. The standard InChI is InChI=1S/C18H23FN4O3/c1-25-8-7-20-10-13-21-12-9-11(19)15-14(16(12)26-13)18(23-17(24)22-15)5-3-2-4-6-18/h9,20H,2-8,10H2,1H3,(H2,22,23,24). The third-order valence-electron chi connectivity index (χ3n) is 5.21. The van der Waals surface area contributed by atoms with Crippen LogP contribution in [0.15, 0.2) is 10.5 Å². The number of carbonyl (C=O) groups is 1. The van der Waals surface area contributed by atoms with Gasteiger partial charge in [-0.1, -0.05) is 19.3 Å². The number of nitrogens with one attached hydrogen (secondary N) is 3. The Kier molecular flexibility index (Phi) is 4.54. The van der Waals surface area contributed by atoms with Crippen molar-refractivity contribution in [1.82, 2.24) is 15.6 Å². The summed E-state index contributed by atoms with van der Waals surface area (Å²) in [4.78, 5) is 16.6. The van der Waals surface area contributed by atoms with Gasteiger partial charge in [0.15, 0.2) is 5.58 Å². The molecule has 0 radical (unpaired) electrons. The van der Waals surface area contributed by atoms with Crippen LogP contribution >= 0.6 is 0 Å². The molecule has 26 heavy (non-hydrogen) atoms. The second-order valence-electron chi connectivity index (χ2n) is 6.96. The summed E-state index contributed by atoms with van der Waals surface area (Å²) in [5.74, 6) is 0.0197. The Balaban J connectivity index is 1.77. The SMILES string of the molecule is COCCNCc1nc2cc(F)c3c(c2o1)C1(CCCCC1)NC(=O)N3. The first kappa shape index (κ1) is 17.2. The van der Waals surface area contributed by atoms with Gasteiger partial charge in [-0.25, -0.2) is 14.2 Å². The lowest BCUT2D eigenvalue weighted by Crippen LogP contribution is -2.53. The summed E-state index contributed by atoms with van der Waals surface area (Å²) in [6.45, 7) is 1.69. The first-order valence-corrected chi connectivity index (χ1v) is 9.04. The molecule has 2 aromatic rings. The number of ether oxygens (including phenoxy) is 1. The van der Waals surface area contributed by atoms with Crippen molar-refractivity contribution in [3.8, 4) is 0 Å². The molecule has 140 valence electrons. The molecule has 2 amide bonds. The van der Waals surface area contributed by atoms with Gasteiger partial charge in [-0.2, -0.15) is 0 Å². The minimum atomic E-state index is -0.587. The Morgan fingerprint density at radius 1 is 1.38 bits per heavy atom. The molecule has 8 heteroatoms. The molecule has 1 fully saturated rings. The van der Waals surface area contributed by atoms with E-state index in [9.17, 15) is 9.18 Å². The van der Waals surface area contributed by atoms with Crippen molar-refractivity contribution in [2.75, 3.05) is 25.6 Å². The number of halogens is 1. The van der Waals surface area contributed by atoms with Crippen LogP contribution in [0.2, 0.25) is 0 Å². The number of hydrogen-bond acceptors (Lipinski definition) is 5. The third kappa shape index (κ3) is 2.93. The van der Waals surface area contributed by atoms with Crippen LogP contribution in [-0.4, -0.2) is 31.3 Å². The third-order valence-corrected chi connectivity index (χ3v) is 5.21. The number of rotatable bonds is 5. The van der Waals surface area contributed by atoms with Crippen LogP contribution in [0.3, 0.4) is 0 Å². The van der Waals surface area contributed by atoms with E-state index in [0.29, 0.717) is 42.3 Å². The number of hydrogen-bond donors (Lipinski definition) is 3. The highest BCUT2D eigenvalue weighted by atomic mass is 19.1. The summed E-state index contributed by atoms with van der Waals surface area (Å²) >= 11 is 0. The number of anilines is 1. The fraction of sp³-hybridized carbons (Fsp3) is 0.556. The van der Waals surface area contributed by atoms with Gasteiger partial charge in [0, 0.05) is 25.3 Å². The van der Waals surface area contributed by atoms with Gasteiger partial charge in [0.1, 0.15) is 11.3 Å². The average molecular weight is 362 g/mol. The zero-order valence-electron chi connectivity index (χ0n) is 14.8. The monoisotopic (exact) mass is 362 g/mol. The van der Waals surface area contributed by atoms with Gasteiger partial charge in [-0.15, -0.1) is 0 Å². The number of urea groups is 1. The molecule has 0 atom stereocenters. The fourth-order valence-corrected chi connectivity index (χ4v) is 4.06. The van der Waals surface area contributed by atoms with Crippen molar-refractivity contribution in [3.05, 3.63) is 23.3 Å². The Morgan fingerprint density at radius 2 is 2.19 bits per heavy atom. The number of carbonyl (C=O) groups excluding carboxylic acids is 1. The van der Waals surface area contributed by atoms with Crippen molar-refractivity contribution in [2.24, 2.45) is 0 Å². The molecule has 1 saturated carbocycles. The van der Waals surface area contributed by atoms with Crippen molar-refractivity contribution >= 4 is 22.8 Å². The zero-order chi connectivity index (χ0) is 18.1. The maximum Gasteiger partial charge on any atom is 0.320 e. The van der Waals surface area contributed by atoms with Crippen molar-refractivity contribution in [2.45, 2.75) is 44.2 Å². The predicted octanol–water partition coefficient (Wildman–Crippen LogP) is 3.00. The predicted molar refractivity (Wildman–Crippen MR) is 94.5 cm³/mol. The highest BCUT2D eigenvalue weighted by Crippen LogP contribution is 2.46. The molecule has 3 N–H and O–H groups in total. The quantitative estimate of drug-likeness (QED) is 0.712. The Labute approximate surface area is 150 Å². The van der Waals surface area contributed by atoms with Crippen molar-refractivity contribution in [3.63, 3.8) is 0 Å². The molecule has 4 rings (SSSR count). The summed E-state index contributed by atoms with van der Waals surface area (Å²) in [7, 11) is 1.64. The first-order valence-electron chi connectivity index (χ1n) is 9.04. The minimum Gasteiger partial charge on any atom is -0.439 e. The summed E-state index contributed by atoms with van der Waals surface area (Å²) < 4.78 is 25.7. The van der Waals surface area contributed by atoms with Gasteiger partial charge >= 0.3 is 6.03 Å². The number of amides is 2. The molecule has 1 aliphatic carbocycles. The van der Waals surface area contributed by atoms with Gasteiger partial charge in [0.05, 0.1) is 24.4 Å². The van der Waals surface area contributed by atoms with E-state index in [2.05, 4.69) is 20.9 Å². The smallest absolute Gasteiger partial charge is 0.320 e. The van der Waals surface area contributed by atoms with Crippen molar-refractivity contribution in [1.29, 1.82) is 0 Å². The minimum absolute atomic E-state index is 0.221. The second kappa shape index (κ2) is 6.85. The Morgan fingerprint density at radius 3 is 2.96 bits per heavy atom. The van der Waals surface area contributed by atoms with Crippen molar-refractivity contribution < 1.29 is 18.3 Å². The maximum atomic E-state index is 14.7. The molecule has 0 bridgehead atoms. The lowest BCUT2D eigenvalue weighted by Gasteiger charge is -2.42. The number of nitrogens with zero attached hydrogens (tertiary/aromatic N) is 1. The normalized spacial score (nSPS) is 18.6. The number of methoxy groups -OCH3 is 1. The Bertz CT molecular complexity index is 829. The van der Waals surface area contributed by atoms with Gasteiger partial charge in [0.2, 0.25) is 5.89 Å². The molecule has 1 aromatic heterocycles. The lowest BCUT2D eigenvalue weighted by atomic mass is 9.74. The van der Waals surface area contributed by atoms with Crippen LogP contribution < -0.4 is 16.0 Å². The van der Waals surface area contributed by atoms with Crippen LogP contribution in [0.5, 0.6) is 0 Å². The molecule has 1 aliphatic heterocycles. The van der Waals surface area contributed by atoms with E-state index in [1.165, 1.54) is 6.07 Å². The van der Waals surface area contributed by atoms with E-state index in [4.69, 9.17) is 9.15 Å². The molecule has 1 spiro atoms. The van der Waals surface area contributed by atoms with E-state index in [-0.39, 0.29) is 11.7 Å². The van der Waals surface area contributed by atoms with Crippen LogP contribution in [0, 0.1) is 5.82 Å². The van der Waals surface area contributed by atoms with Crippen LogP contribution in [0.4, 0.5) is 14.9 Å². The van der Waals surface area contributed by atoms with Crippen LogP contribution in [-0.2, 0) is 16.8 Å². The van der Waals surface area contributed by atoms with Crippen LogP contribution in [0.25, 0.3) is 11.1 Å². The van der Waals surface area contributed by atoms with Gasteiger partial charge in [-0.05, 0) is 12.8 Å². The highest BCUT2D eigenvalue weighted by molar-refractivity contribution is 5.98. The second-order valence-corrected chi connectivity index (χ2v) is 6.96.